The summed E-state index contributed by atoms with van der Waals surface area (Å²) in [6.45, 7) is 2.03. The maximum atomic E-state index is 11.1. The van der Waals surface area contributed by atoms with Crippen LogP contribution in [0.4, 0.5) is 0 Å². The summed E-state index contributed by atoms with van der Waals surface area (Å²) in [5.41, 5.74) is 3.15. The molecular weight excluding hydrogens is 240 g/mol. The third-order valence-corrected chi connectivity index (χ3v) is 2.92. The number of nitrogens with zero attached hydrogens (tertiary/aromatic N) is 2. The molecule has 0 saturated heterocycles. The standard InChI is InChI=1S/C15H12N2O2/c1-11-4-6-13(7-5-11)17-9-12(10-18)15(16-17)14-3-2-8-19-14/h2-10H,1H3. The van der Waals surface area contributed by atoms with Crippen LogP contribution in [0.15, 0.2) is 53.3 Å². The molecule has 0 atom stereocenters. The summed E-state index contributed by atoms with van der Waals surface area (Å²) in [5.74, 6) is 0.591. The van der Waals surface area contributed by atoms with Gasteiger partial charge in [0.15, 0.2) is 12.0 Å². The first-order valence-corrected chi connectivity index (χ1v) is 5.94. The van der Waals surface area contributed by atoms with Crippen molar-refractivity contribution in [1.29, 1.82) is 0 Å². The molecule has 3 aromatic rings. The average molecular weight is 252 g/mol. The molecule has 0 aliphatic heterocycles. The van der Waals surface area contributed by atoms with E-state index in [9.17, 15) is 4.79 Å². The molecule has 0 aliphatic rings. The van der Waals surface area contributed by atoms with Gasteiger partial charge in [0.25, 0.3) is 0 Å². The number of hydrogen-bond acceptors (Lipinski definition) is 3. The summed E-state index contributed by atoms with van der Waals surface area (Å²) in [5, 5.41) is 4.42. The molecule has 2 aromatic heterocycles. The van der Waals surface area contributed by atoms with Crippen LogP contribution in [0.2, 0.25) is 0 Å². The van der Waals surface area contributed by atoms with Crippen LogP contribution < -0.4 is 0 Å². The number of aromatic nitrogens is 2. The Morgan fingerprint density at radius 2 is 2.00 bits per heavy atom. The highest BCUT2D eigenvalue weighted by atomic mass is 16.3. The van der Waals surface area contributed by atoms with Crippen LogP contribution in [0.1, 0.15) is 15.9 Å². The molecule has 0 unspecified atom stereocenters. The predicted molar refractivity (Wildman–Crippen MR) is 71.4 cm³/mol. The number of rotatable bonds is 3. The van der Waals surface area contributed by atoms with Crippen LogP contribution in [-0.2, 0) is 0 Å². The summed E-state index contributed by atoms with van der Waals surface area (Å²) >= 11 is 0. The van der Waals surface area contributed by atoms with Gasteiger partial charge in [-0.05, 0) is 31.2 Å². The monoisotopic (exact) mass is 252 g/mol. The lowest BCUT2D eigenvalue weighted by Crippen LogP contribution is -1.94. The summed E-state index contributed by atoms with van der Waals surface area (Å²) < 4.78 is 6.98. The third kappa shape index (κ3) is 2.08. The maximum absolute atomic E-state index is 11.1. The van der Waals surface area contributed by atoms with Gasteiger partial charge in [-0.25, -0.2) is 4.68 Å². The molecule has 0 amide bonds. The first-order chi connectivity index (χ1) is 9.28. The van der Waals surface area contributed by atoms with E-state index in [1.165, 1.54) is 5.56 Å². The first kappa shape index (κ1) is 11.5. The Labute approximate surface area is 110 Å². The molecule has 4 heteroatoms. The molecule has 0 spiro atoms. The van der Waals surface area contributed by atoms with Crippen molar-refractivity contribution in [3.63, 3.8) is 0 Å². The molecule has 0 radical (unpaired) electrons. The van der Waals surface area contributed by atoms with Crippen LogP contribution in [0, 0.1) is 6.92 Å². The molecule has 2 heterocycles. The Morgan fingerprint density at radius 1 is 1.21 bits per heavy atom. The van der Waals surface area contributed by atoms with Gasteiger partial charge in [0.05, 0.1) is 17.5 Å². The molecule has 0 N–H and O–H groups in total. The van der Waals surface area contributed by atoms with Gasteiger partial charge in [-0.3, -0.25) is 4.79 Å². The topological polar surface area (TPSA) is 48.0 Å². The molecule has 0 fully saturated rings. The number of carbonyl (C=O) groups excluding carboxylic acids is 1. The second-order valence-corrected chi connectivity index (χ2v) is 4.31. The van der Waals surface area contributed by atoms with Gasteiger partial charge in [-0.1, -0.05) is 17.7 Å². The highest BCUT2D eigenvalue weighted by molar-refractivity contribution is 5.84. The number of carbonyl (C=O) groups is 1. The Hall–Kier alpha value is -2.62. The van der Waals surface area contributed by atoms with Crippen molar-refractivity contribution in [3.05, 3.63) is 60.0 Å². The number of aryl methyl sites for hydroxylation is 1. The molecule has 0 aliphatic carbocycles. The summed E-state index contributed by atoms with van der Waals surface area (Å²) in [7, 11) is 0. The quantitative estimate of drug-likeness (QED) is 0.672. The van der Waals surface area contributed by atoms with Crippen LogP contribution in [0.3, 0.4) is 0 Å². The van der Waals surface area contributed by atoms with E-state index in [4.69, 9.17) is 4.42 Å². The van der Waals surface area contributed by atoms with Gasteiger partial charge in [-0.15, -0.1) is 0 Å². The second-order valence-electron chi connectivity index (χ2n) is 4.31. The van der Waals surface area contributed by atoms with Crippen molar-refractivity contribution in [1.82, 2.24) is 9.78 Å². The molecule has 19 heavy (non-hydrogen) atoms. The van der Waals surface area contributed by atoms with Crippen molar-refractivity contribution in [3.8, 4) is 17.1 Å². The van der Waals surface area contributed by atoms with Gasteiger partial charge in [-0.2, -0.15) is 5.10 Å². The fourth-order valence-corrected chi connectivity index (χ4v) is 1.91. The largest absolute Gasteiger partial charge is 0.463 e. The van der Waals surface area contributed by atoms with Gasteiger partial charge in [0, 0.05) is 6.20 Å². The van der Waals surface area contributed by atoms with E-state index >= 15 is 0 Å². The van der Waals surface area contributed by atoms with Crippen molar-refractivity contribution in [2.75, 3.05) is 0 Å². The minimum atomic E-state index is 0.510. The van der Waals surface area contributed by atoms with Gasteiger partial charge in [0.2, 0.25) is 0 Å². The molecule has 4 nitrogen and oxygen atoms in total. The zero-order valence-electron chi connectivity index (χ0n) is 10.4. The number of aldehydes is 1. The first-order valence-electron chi connectivity index (χ1n) is 5.94. The lowest BCUT2D eigenvalue weighted by Gasteiger charge is -2.00. The smallest absolute Gasteiger partial charge is 0.154 e. The Morgan fingerprint density at radius 3 is 2.63 bits per heavy atom. The maximum Gasteiger partial charge on any atom is 0.154 e. The number of benzene rings is 1. The van der Waals surface area contributed by atoms with Gasteiger partial charge in [0.1, 0.15) is 5.69 Å². The van der Waals surface area contributed by atoms with Crippen LogP contribution in [0.25, 0.3) is 17.1 Å². The second kappa shape index (κ2) is 4.57. The number of furan rings is 1. The van der Waals surface area contributed by atoms with Gasteiger partial charge < -0.3 is 4.42 Å². The Bertz CT molecular complexity index is 694. The molecule has 94 valence electrons. The van der Waals surface area contributed by atoms with Crippen LogP contribution in [0.5, 0.6) is 0 Å². The minimum absolute atomic E-state index is 0.510. The Balaban J connectivity index is 2.09. The van der Waals surface area contributed by atoms with Crippen LogP contribution in [-0.4, -0.2) is 16.1 Å². The van der Waals surface area contributed by atoms with Crippen molar-refractivity contribution in [2.45, 2.75) is 6.92 Å². The third-order valence-electron chi connectivity index (χ3n) is 2.92. The highest BCUT2D eigenvalue weighted by Gasteiger charge is 2.13. The number of hydrogen-bond donors (Lipinski definition) is 0. The Kier molecular flexibility index (Phi) is 2.76. The van der Waals surface area contributed by atoms with E-state index in [1.807, 2.05) is 31.2 Å². The molecular formula is C15H12N2O2. The fourth-order valence-electron chi connectivity index (χ4n) is 1.91. The lowest BCUT2D eigenvalue weighted by atomic mass is 10.2. The zero-order chi connectivity index (χ0) is 13.2. The van der Waals surface area contributed by atoms with E-state index in [1.54, 1.807) is 29.3 Å². The molecule has 0 saturated carbocycles. The lowest BCUT2D eigenvalue weighted by molar-refractivity contribution is 0.112. The molecule has 3 rings (SSSR count). The van der Waals surface area contributed by atoms with E-state index in [0.717, 1.165) is 12.0 Å². The van der Waals surface area contributed by atoms with Crippen molar-refractivity contribution in [2.24, 2.45) is 0 Å². The van der Waals surface area contributed by atoms with Crippen molar-refractivity contribution >= 4 is 6.29 Å². The normalized spacial score (nSPS) is 10.6. The SMILES string of the molecule is Cc1ccc(-n2cc(C=O)c(-c3ccco3)n2)cc1. The summed E-state index contributed by atoms with van der Waals surface area (Å²) in [4.78, 5) is 11.1. The fraction of sp³-hybridized carbons (Fsp3) is 0.0667. The predicted octanol–water partition coefficient (Wildman–Crippen LogP) is 3.25. The van der Waals surface area contributed by atoms with Crippen molar-refractivity contribution < 1.29 is 9.21 Å². The van der Waals surface area contributed by atoms with E-state index in [0.29, 0.717) is 17.0 Å². The zero-order valence-corrected chi connectivity index (χ0v) is 10.4. The van der Waals surface area contributed by atoms with E-state index in [2.05, 4.69) is 5.10 Å². The van der Waals surface area contributed by atoms with E-state index < -0.39 is 0 Å². The molecule has 0 bridgehead atoms. The van der Waals surface area contributed by atoms with Gasteiger partial charge >= 0.3 is 0 Å². The highest BCUT2D eigenvalue weighted by Crippen LogP contribution is 2.22. The summed E-state index contributed by atoms with van der Waals surface area (Å²) in [6, 6.07) is 11.5. The van der Waals surface area contributed by atoms with Crippen LogP contribution >= 0.6 is 0 Å². The van der Waals surface area contributed by atoms with E-state index in [-0.39, 0.29) is 0 Å². The minimum Gasteiger partial charge on any atom is -0.463 e. The summed E-state index contributed by atoms with van der Waals surface area (Å²) in [6.07, 6.45) is 4.06. The average Bonchev–Trinajstić information content (AvgIpc) is 3.08. The molecule has 1 aromatic carbocycles.